The summed E-state index contributed by atoms with van der Waals surface area (Å²) in [6, 6.07) is 13.0. The van der Waals surface area contributed by atoms with E-state index in [9.17, 15) is 14.4 Å². The number of hydrogen-bond acceptors (Lipinski definition) is 7. The Hall–Kier alpha value is -5.15. The lowest BCUT2D eigenvalue weighted by Gasteiger charge is -2.30. The van der Waals surface area contributed by atoms with Gasteiger partial charge < -0.3 is 30.2 Å². The first-order valence-electron chi connectivity index (χ1n) is 18.2. The van der Waals surface area contributed by atoms with E-state index in [-0.39, 0.29) is 35.7 Å². The summed E-state index contributed by atoms with van der Waals surface area (Å²) in [6.07, 6.45) is 5.44. The molecule has 1 saturated heterocycles. The van der Waals surface area contributed by atoms with E-state index >= 15 is 0 Å². The van der Waals surface area contributed by atoms with Crippen molar-refractivity contribution in [3.63, 3.8) is 0 Å². The zero-order valence-corrected chi connectivity index (χ0v) is 31.4. The monoisotopic (exact) mass is 708 g/mol. The second-order valence-corrected chi connectivity index (χ2v) is 14.4. The van der Waals surface area contributed by atoms with Crippen molar-refractivity contribution >= 4 is 28.9 Å². The molecular formula is C40H52N8O4. The van der Waals surface area contributed by atoms with Crippen LogP contribution in [0.1, 0.15) is 82.2 Å². The van der Waals surface area contributed by atoms with E-state index in [1.165, 1.54) is 7.11 Å². The minimum atomic E-state index is -0.677. The van der Waals surface area contributed by atoms with Gasteiger partial charge in [0, 0.05) is 30.6 Å². The van der Waals surface area contributed by atoms with Gasteiger partial charge in [-0.15, -0.1) is 0 Å². The van der Waals surface area contributed by atoms with Crippen LogP contribution in [0.5, 0.6) is 0 Å². The van der Waals surface area contributed by atoms with Gasteiger partial charge in [0.2, 0.25) is 11.8 Å². The quantitative estimate of drug-likeness (QED) is 0.107. The van der Waals surface area contributed by atoms with Crippen molar-refractivity contribution in [2.45, 2.75) is 77.9 Å². The number of ether oxygens (including phenoxy) is 1. The first-order valence-corrected chi connectivity index (χ1v) is 18.2. The molecule has 4 N–H and O–H groups in total. The predicted molar refractivity (Wildman–Crippen MR) is 202 cm³/mol. The van der Waals surface area contributed by atoms with Gasteiger partial charge in [0.25, 0.3) is 0 Å². The molecule has 0 bridgehead atoms. The van der Waals surface area contributed by atoms with Crippen molar-refractivity contribution in [3.05, 3.63) is 71.4 Å². The van der Waals surface area contributed by atoms with Crippen LogP contribution in [0, 0.1) is 23.7 Å². The van der Waals surface area contributed by atoms with Crippen LogP contribution in [0.25, 0.3) is 22.3 Å². The Balaban J connectivity index is 1.16. The Morgan fingerprint density at radius 3 is 2.42 bits per heavy atom. The number of hydrogen-bond donors (Lipinski definition) is 4. The van der Waals surface area contributed by atoms with E-state index in [0.29, 0.717) is 13.1 Å². The summed E-state index contributed by atoms with van der Waals surface area (Å²) < 4.78 is 4.74. The molecule has 3 heterocycles. The fourth-order valence-corrected chi connectivity index (χ4v) is 6.85. The van der Waals surface area contributed by atoms with Crippen LogP contribution in [0.3, 0.4) is 0 Å². The molecule has 3 atom stereocenters. The number of aromatic nitrogens is 4. The lowest BCUT2D eigenvalue weighted by Crippen LogP contribution is -2.51. The number of nitrogens with zero attached hydrogens (tertiary/aromatic N) is 4. The Labute approximate surface area is 306 Å². The zero-order valence-electron chi connectivity index (χ0n) is 31.4. The van der Waals surface area contributed by atoms with Gasteiger partial charge in [-0.1, -0.05) is 51.7 Å². The van der Waals surface area contributed by atoms with Gasteiger partial charge in [-0.2, -0.15) is 0 Å². The molecule has 2 aromatic carbocycles. The number of rotatable bonds is 13. The van der Waals surface area contributed by atoms with E-state index in [1.807, 2.05) is 80.2 Å². The van der Waals surface area contributed by atoms with Crippen LogP contribution in [-0.2, 0) is 20.7 Å². The van der Waals surface area contributed by atoms with Crippen LogP contribution in [0.4, 0.5) is 4.79 Å². The molecule has 3 unspecified atom stereocenters. The summed E-state index contributed by atoms with van der Waals surface area (Å²) >= 11 is 0. The topological polar surface area (TPSA) is 148 Å². The molecule has 2 aromatic heterocycles. The first-order chi connectivity index (χ1) is 24.9. The van der Waals surface area contributed by atoms with Crippen molar-refractivity contribution in [3.8, 4) is 23.1 Å². The second-order valence-electron chi connectivity index (χ2n) is 14.4. The largest absolute Gasteiger partial charge is 0.453 e. The number of methoxy groups -OCH3 is 1. The van der Waals surface area contributed by atoms with Crippen LogP contribution in [0.2, 0.25) is 0 Å². The molecule has 4 aromatic rings. The van der Waals surface area contributed by atoms with E-state index < -0.39 is 12.1 Å². The number of likely N-dealkylation sites (tertiary alicyclic amines) is 1. The van der Waals surface area contributed by atoms with E-state index in [1.54, 1.807) is 6.20 Å². The summed E-state index contributed by atoms with van der Waals surface area (Å²) in [5.74, 6) is 8.30. The third-order valence-electron chi connectivity index (χ3n) is 9.51. The van der Waals surface area contributed by atoms with Gasteiger partial charge in [-0.25, -0.2) is 14.8 Å². The molecule has 1 aliphatic rings. The molecule has 1 aliphatic heterocycles. The van der Waals surface area contributed by atoms with Gasteiger partial charge in [0.1, 0.15) is 17.7 Å². The molecule has 0 radical (unpaired) electrons. The van der Waals surface area contributed by atoms with E-state index in [2.05, 4.69) is 51.3 Å². The molecule has 0 saturated carbocycles. The molecule has 0 aliphatic carbocycles. The van der Waals surface area contributed by atoms with Crippen molar-refractivity contribution in [2.24, 2.45) is 11.8 Å². The fraction of sp³-hybridized carbons (Fsp3) is 0.475. The molecule has 52 heavy (non-hydrogen) atoms. The maximum Gasteiger partial charge on any atom is 0.407 e. The zero-order chi connectivity index (χ0) is 37.4. The number of imidazole rings is 2. The number of nitrogens with one attached hydrogen (secondary N) is 4. The highest BCUT2D eigenvalue weighted by Gasteiger charge is 2.37. The number of H-pyrrole nitrogens is 2. The summed E-state index contributed by atoms with van der Waals surface area (Å²) in [6.45, 7) is 9.19. The van der Waals surface area contributed by atoms with E-state index in [0.717, 1.165) is 77.2 Å². The fourth-order valence-electron chi connectivity index (χ4n) is 6.85. The number of alkyl carbamates (subject to hydrolysis) is 1. The summed E-state index contributed by atoms with van der Waals surface area (Å²) in [5.41, 5.74) is 5.46. The number of carbonyl (C=O) groups excluding carboxylic acids is 3. The van der Waals surface area contributed by atoms with Crippen LogP contribution in [-0.4, -0.2) is 94.0 Å². The van der Waals surface area contributed by atoms with Crippen molar-refractivity contribution in [2.75, 3.05) is 34.3 Å². The predicted octanol–water partition coefficient (Wildman–Crippen LogP) is 5.42. The number of benzene rings is 2. The minimum absolute atomic E-state index is 0.0794. The van der Waals surface area contributed by atoms with Gasteiger partial charge in [0.15, 0.2) is 0 Å². The van der Waals surface area contributed by atoms with Crippen molar-refractivity contribution in [1.82, 2.24) is 40.4 Å². The number of carbonyl (C=O) groups is 3. The number of aromatic amines is 2. The molecule has 1 fully saturated rings. The molecule has 5 rings (SSSR count). The van der Waals surface area contributed by atoms with Crippen LogP contribution in [0.15, 0.2) is 48.7 Å². The number of fused-ring (bicyclic) bond motifs is 1. The standard InChI is InChI=1S/C40H52N8O4/c1-25(2)35(46-40(51)52-7)39(50)48-22-10-11-33(48)37-42-24-32(45-37)29-18-15-27(16-19-29)13-14-28-17-20-30-31(23-28)44-34(43-30)12-8-9-21-41-38(49)36(26(3)4)47(5)6/h15-20,23-26,33,35-36H,8-12,21-22H2,1-7H3,(H,41,49)(H,42,45)(H,43,44)(H,46,51). The lowest BCUT2D eigenvalue weighted by atomic mass is 10.0. The Morgan fingerprint density at radius 1 is 1.00 bits per heavy atom. The summed E-state index contributed by atoms with van der Waals surface area (Å²) in [5, 5.41) is 5.77. The highest BCUT2D eigenvalue weighted by Crippen LogP contribution is 2.32. The lowest BCUT2D eigenvalue weighted by molar-refractivity contribution is -0.135. The highest BCUT2D eigenvalue weighted by molar-refractivity contribution is 5.86. The van der Waals surface area contributed by atoms with Gasteiger partial charge in [-0.05, 0) is 87.5 Å². The third kappa shape index (κ3) is 9.39. The molecule has 12 nitrogen and oxygen atoms in total. The maximum atomic E-state index is 13.5. The molecule has 12 heteroatoms. The van der Waals surface area contributed by atoms with Gasteiger partial charge in [-0.3, -0.25) is 14.5 Å². The number of likely N-dealkylation sites (N-methyl/N-ethyl adjacent to an activating group) is 1. The number of amides is 3. The van der Waals surface area contributed by atoms with Crippen LogP contribution < -0.4 is 10.6 Å². The third-order valence-corrected chi connectivity index (χ3v) is 9.51. The smallest absolute Gasteiger partial charge is 0.407 e. The Morgan fingerprint density at radius 2 is 1.73 bits per heavy atom. The average Bonchev–Trinajstić information content (AvgIpc) is 3.88. The normalized spacial score (nSPS) is 15.5. The van der Waals surface area contributed by atoms with Crippen molar-refractivity contribution < 1.29 is 19.1 Å². The number of unbranched alkanes of at least 4 members (excludes halogenated alkanes) is 1. The summed E-state index contributed by atoms with van der Waals surface area (Å²) in [4.78, 5) is 57.9. The Kier molecular flexibility index (Phi) is 12.7. The highest BCUT2D eigenvalue weighted by atomic mass is 16.5. The van der Waals surface area contributed by atoms with Crippen LogP contribution >= 0.6 is 0 Å². The van der Waals surface area contributed by atoms with E-state index in [4.69, 9.17) is 9.72 Å². The molecular weight excluding hydrogens is 656 g/mol. The summed E-state index contributed by atoms with van der Waals surface area (Å²) in [7, 11) is 5.17. The molecule has 3 amide bonds. The van der Waals surface area contributed by atoms with Gasteiger partial charge >= 0.3 is 6.09 Å². The Bertz CT molecular complexity index is 1890. The molecule has 276 valence electrons. The number of aryl methyl sites for hydroxylation is 1. The first kappa shape index (κ1) is 38.1. The van der Waals surface area contributed by atoms with Gasteiger partial charge in [0.05, 0.1) is 42.1 Å². The maximum absolute atomic E-state index is 13.5. The average molecular weight is 709 g/mol. The van der Waals surface area contributed by atoms with Crippen molar-refractivity contribution in [1.29, 1.82) is 0 Å². The molecule has 0 spiro atoms. The second kappa shape index (κ2) is 17.4. The SMILES string of the molecule is COC(=O)NC(C(=O)N1CCCC1c1ncc(-c2ccc(C#Cc3ccc4nc(CCCCNC(=O)C(C(C)C)N(C)C)[nH]c4c3)cc2)[nH]1)C(C)C. The minimum Gasteiger partial charge on any atom is -0.453 e.